The Morgan fingerprint density at radius 3 is 2.77 bits per heavy atom. The Morgan fingerprint density at radius 2 is 2.00 bits per heavy atom. The van der Waals surface area contributed by atoms with Crippen LogP contribution in [0.15, 0.2) is 41.7 Å². The van der Waals surface area contributed by atoms with Gasteiger partial charge in [-0.3, -0.25) is 4.79 Å². The Balaban J connectivity index is 1.47. The highest BCUT2D eigenvalue weighted by Gasteiger charge is 2.20. The molecule has 1 aliphatic heterocycles. The van der Waals surface area contributed by atoms with Gasteiger partial charge in [0.15, 0.2) is 10.8 Å². The van der Waals surface area contributed by atoms with Gasteiger partial charge in [0.1, 0.15) is 5.82 Å². The standard InChI is InChI=1S/C22H28N6O2S/c1-2-14-31-22-25-20(27-10-12-30-13-11-27)18-16-24-28(21(18)26-22)9-8-23-19(29)15-17-6-4-3-5-7-17/h3-7,16H,2,8-15H2,1H3,(H,23,29). The van der Waals surface area contributed by atoms with Gasteiger partial charge in [0, 0.05) is 25.4 Å². The zero-order valence-electron chi connectivity index (χ0n) is 17.8. The van der Waals surface area contributed by atoms with Gasteiger partial charge in [-0.05, 0) is 12.0 Å². The number of hydrogen-bond acceptors (Lipinski definition) is 7. The number of fused-ring (bicyclic) bond motifs is 1. The number of morpholine rings is 1. The number of nitrogens with one attached hydrogen (secondary N) is 1. The molecule has 164 valence electrons. The molecular formula is C22H28N6O2S. The highest BCUT2D eigenvalue weighted by molar-refractivity contribution is 7.99. The number of benzene rings is 1. The molecule has 4 rings (SSSR count). The first-order chi connectivity index (χ1) is 15.2. The Bertz CT molecular complexity index is 1000. The van der Waals surface area contributed by atoms with Gasteiger partial charge >= 0.3 is 0 Å². The Hall–Kier alpha value is -2.65. The minimum absolute atomic E-state index is 0.00508. The summed E-state index contributed by atoms with van der Waals surface area (Å²) >= 11 is 1.66. The normalized spacial score (nSPS) is 14.2. The first-order valence-corrected chi connectivity index (χ1v) is 11.7. The summed E-state index contributed by atoms with van der Waals surface area (Å²) in [5.41, 5.74) is 1.82. The molecule has 0 aliphatic carbocycles. The molecule has 1 aliphatic rings. The lowest BCUT2D eigenvalue weighted by atomic mass is 10.1. The van der Waals surface area contributed by atoms with Crippen LogP contribution < -0.4 is 10.2 Å². The van der Waals surface area contributed by atoms with Gasteiger partial charge in [-0.15, -0.1) is 0 Å². The molecule has 1 saturated heterocycles. The molecule has 0 saturated carbocycles. The molecule has 1 amide bonds. The highest BCUT2D eigenvalue weighted by Crippen LogP contribution is 2.28. The van der Waals surface area contributed by atoms with Gasteiger partial charge in [-0.1, -0.05) is 49.0 Å². The molecule has 2 aromatic heterocycles. The van der Waals surface area contributed by atoms with Gasteiger partial charge in [0.25, 0.3) is 0 Å². The fourth-order valence-electron chi connectivity index (χ4n) is 3.50. The van der Waals surface area contributed by atoms with Crippen molar-refractivity contribution in [3.05, 3.63) is 42.1 Å². The van der Waals surface area contributed by atoms with Crippen LogP contribution in [0.3, 0.4) is 0 Å². The summed E-state index contributed by atoms with van der Waals surface area (Å²) in [4.78, 5) is 24.1. The molecule has 0 atom stereocenters. The first-order valence-electron chi connectivity index (χ1n) is 10.7. The van der Waals surface area contributed by atoms with Crippen molar-refractivity contribution in [1.29, 1.82) is 0 Å². The fourth-order valence-corrected chi connectivity index (χ4v) is 4.19. The molecule has 0 bridgehead atoms. The Morgan fingerprint density at radius 1 is 1.19 bits per heavy atom. The van der Waals surface area contributed by atoms with E-state index in [2.05, 4.69) is 22.2 Å². The molecule has 8 nitrogen and oxygen atoms in total. The molecule has 0 radical (unpaired) electrons. The van der Waals surface area contributed by atoms with Gasteiger partial charge < -0.3 is 15.0 Å². The molecule has 0 unspecified atom stereocenters. The molecule has 31 heavy (non-hydrogen) atoms. The fraction of sp³-hybridized carbons (Fsp3) is 0.455. The lowest BCUT2D eigenvalue weighted by molar-refractivity contribution is -0.120. The van der Waals surface area contributed by atoms with Crippen molar-refractivity contribution in [2.75, 3.05) is 43.5 Å². The van der Waals surface area contributed by atoms with Crippen LogP contribution in [0.5, 0.6) is 0 Å². The van der Waals surface area contributed by atoms with Crippen molar-refractivity contribution in [3.8, 4) is 0 Å². The summed E-state index contributed by atoms with van der Waals surface area (Å²) in [6, 6.07) is 9.75. The third-order valence-corrected chi connectivity index (χ3v) is 6.11. The Labute approximate surface area is 186 Å². The molecule has 1 N–H and O–H groups in total. The number of thioether (sulfide) groups is 1. The molecule has 1 fully saturated rings. The molecule has 3 heterocycles. The van der Waals surface area contributed by atoms with Crippen LogP contribution >= 0.6 is 11.8 Å². The maximum Gasteiger partial charge on any atom is 0.224 e. The maximum atomic E-state index is 12.2. The molecule has 3 aromatic rings. The number of hydrogen-bond donors (Lipinski definition) is 1. The van der Waals surface area contributed by atoms with Crippen LogP contribution in [0.25, 0.3) is 11.0 Å². The van der Waals surface area contributed by atoms with E-state index < -0.39 is 0 Å². The van der Waals surface area contributed by atoms with E-state index in [-0.39, 0.29) is 5.91 Å². The molecule has 9 heteroatoms. The van der Waals surface area contributed by atoms with Gasteiger partial charge in [-0.2, -0.15) is 5.10 Å². The summed E-state index contributed by atoms with van der Waals surface area (Å²) in [5.74, 6) is 1.90. The van der Waals surface area contributed by atoms with Gasteiger partial charge in [-0.25, -0.2) is 14.6 Å². The summed E-state index contributed by atoms with van der Waals surface area (Å²) in [5, 5.41) is 9.25. The van der Waals surface area contributed by atoms with Gasteiger partial charge in [0.2, 0.25) is 5.91 Å². The minimum atomic E-state index is 0.00508. The average molecular weight is 441 g/mol. The predicted molar refractivity (Wildman–Crippen MR) is 123 cm³/mol. The number of aromatic nitrogens is 4. The zero-order chi connectivity index (χ0) is 21.5. The summed E-state index contributed by atoms with van der Waals surface area (Å²) in [6.45, 7) is 6.22. The average Bonchev–Trinajstić information content (AvgIpc) is 3.21. The van der Waals surface area contributed by atoms with Crippen LogP contribution in [-0.2, 0) is 22.5 Å². The van der Waals surface area contributed by atoms with Crippen molar-refractivity contribution in [3.63, 3.8) is 0 Å². The van der Waals surface area contributed by atoms with Crippen LogP contribution in [-0.4, -0.2) is 64.3 Å². The predicted octanol–water partition coefficient (Wildman–Crippen LogP) is 2.52. The first kappa shape index (κ1) is 21.6. The van der Waals surface area contributed by atoms with Crippen molar-refractivity contribution >= 4 is 34.5 Å². The van der Waals surface area contributed by atoms with E-state index in [0.717, 1.165) is 52.8 Å². The third-order valence-electron chi connectivity index (χ3n) is 5.05. The summed E-state index contributed by atoms with van der Waals surface area (Å²) in [7, 11) is 0. The second kappa shape index (κ2) is 10.6. The number of carbonyl (C=O) groups is 1. The second-order valence-corrected chi connectivity index (χ2v) is 8.46. The van der Waals surface area contributed by atoms with Crippen LogP contribution in [0.4, 0.5) is 5.82 Å². The van der Waals surface area contributed by atoms with E-state index in [1.165, 1.54) is 0 Å². The van der Waals surface area contributed by atoms with E-state index in [1.807, 2.05) is 41.2 Å². The van der Waals surface area contributed by atoms with Crippen molar-refractivity contribution in [1.82, 2.24) is 25.1 Å². The van der Waals surface area contributed by atoms with Crippen LogP contribution in [0.1, 0.15) is 18.9 Å². The molecular weight excluding hydrogens is 412 g/mol. The zero-order valence-corrected chi connectivity index (χ0v) is 18.6. The van der Waals surface area contributed by atoms with Gasteiger partial charge in [0.05, 0.1) is 37.8 Å². The smallest absolute Gasteiger partial charge is 0.224 e. The van der Waals surface area contributed by atoms with E-state index in [0.29, 0.717) is 32.7 Å². The third kappa shape index (κ3) is 5.54. The number of nitrogens with zero attached hydrogens (tertiary/aromatic N) is 5. The lowest BCUT2D eigenvalue weighted by Gasteiger charge is -2.28. The van der Waals surface area contributed by atoms with E-state index >= 15 is 0 Å². The summed E-state index contributed by atoms with van der Waals surface area (Å²) in [6.07, 6.45) is 3.27. The van der Waals surface area contributed by atoms with Crippen molar-refractivity contribution < 1.29 is 9.53 Å². The van der Waals surface area contributed by atoms with E-state index in [9.17, 15) is 4.79 Å². The largest absolute Gasteiger partial charge is 0.378 e. The van der Waals surface area contributed by atoms with E-state index in [1.54, 1.807) is 11.8 Å². The second-order valence-electron chi connectivity index (χ2n) is 7.39. The number of rotatable bonds is 9. The molecule has 1 aromatic carbocycles. The number of ether oxygens (including phenoxy) is 1. The van der Waals surface area contributed by atoms with Crippen molar-refractivity contribution in [2.24, 2.45) is 0 Å². The van der Waals surface area contributed by atoms with E-state index in [4.69, 9.17) is 14.7 Å². The molecule has 0 spiro atoms. The number of carbonyl (C=O) groups excluding carboxylic acids is 1. The number of anilines is 1. The lowest BCUT2D eigenvalue weighted by Crippen LogP contribution is -2.37. The quantitative estimate of drug-likeness (QED) is 0.404. The minimum Gasteiger partial charge on any atom is -0.378 e. The SMILES string of the molecule is CCCSc1nc(N2CCOCC2)c2cnn(CCNC(=O)Cc3ccccc3)c2n1. The maximum absolute atomic E-state index is 12.2. The van der Waals surface area contributed by atoms with Crippen molar-refractivity contribution in [2.45, 2.75) is 31.5 Å². The van der Waals surface area contributed by atoms with Crippen LogP contribution in [0.2, 0.25) is 0 Å². The summed E-state index contributed by atoms with van der Waals surface area (Å²) < 4.78 is 7.36. The topological polar surface area (TPSA) is 85.2 Å². The monoisotopic (exact) mass is 440 g/mol. The Kier molecular flexibility index (Phi) is 7.37. The van der Waals surface area contributed by atoms with Crippen LogP contribution in [0, 0.1) is 0 Å². The highest BCUT2D eigenvalue weighted by atomic mass is 32.2. The number of amides is 1.